The van der Waals surface area contributed by atoms with Crippen LogP contribution < -0.4 is 0 Å². The Balaban J connectivity index is 1.60. The number of amides is 1. The fraction of sp³-hybridized carbons (Fsp3) is 0.611. The van der Waals surface area contributed by atoms with Gasteiger partial charge >= 0.3 is 0 Å². The van der Waals surface area contributed by atoms with Gasteiger partial charge < -0.3 is 9.64 Å². The van der Waals surface area contributed by atoms with Crippen LogP contribution in [-0.2, 0) is 11.3 Å². The van der Waals surface area contributed by atoms with Crippen molar-refractivity contribution in [2.24, 2.45) is 0 Å². The van der Waals surface area contributed by atoms with Gasteiger partial charge in [0, 0.05) is 49.8 Å². The number of carbonyl (C=O) groups excluding carboxylic acids is 1. The van der Waals surface area contributed by atoms with Crippen LogP contribution in [0.4, 0.5) is 0 Å². The molecule has 0 unspecified atom stereocenters. The zero-order valence-electron chi connectivity index (χ0n) is 14.0. The Labute approximate surface area is 143 Å². The number of hydrogen-bond donors (Lipinski definition) is 0. The molecule has 2 aliphatic heterocycles. The lowest BCUT2D eigenvalue weighted by molar-refractivity contribution is -0.0586. The second kappa shape index (κ2) is 7.69. The smallest absolute Gasteiger partial charge is 0.254 e. The quantitative estimate of drug-likeness (QED) is 0.850. The number of carbonyl (C=O) groups is 1. The molecule has 0 spiro atoms. The second-order valence-electron chi connectivity index (χ2n) is 6.55. The molecule has 23 heavy (non-hydrogen) atoms. The Hall–Kier alpha value is -1.04. The van der Waals surface area contributed by atoms with E-state index in [9.17, 15) is 4.79 Å². The summed E-state index contributed by atoms with van der Waals surface area (Å²) in [6.07, 6.45) is 0.220. The van der Waals surface area contributed by atoms with Crippen LogP contribution in [0.25, 0.3) is 0 Å². The first-order chi connectivity index (χ1) is 11.1. The molecule has 2 atom stereocenters. The van der Waals surface area contributed by atoms with Crippen LogP contribution >= 0.6 is 11.8 Å². The molecule has 1 aromatic rings. The van der Waals surface area contributed by atoms with Crippen molar-refractivity contribution in [3.8, 4) is 0 Å². The third kappa shape index (κ3) is 4.49. The highest BCUT2D eigenvalue weighted by molar-refractivity contribution is 7.99. The summed E-state index contributed by atoms with van der Waals surface area (Å²) in [5.41, 5.74) is 2.07. The largest absolute Gasteiger partial charge is 0.372 e. The Bertz CT molecular complexity index is 518. The fourth-order valence-corrected chi connectivity index (χ4v) is 4.28. The van der Waals surface area contributed by atoms with Crippen LogP contribution in [0.15, 0.2) is 24.3 Å². The van der Waals surface area contributed by atoms with Gasteiger partial charge in [-0.1, -0.05) is 12.1 Å². The summed E-state index contributed by atoms with van der Waals surface area (Å²) in [6, 6.07) is 8.15. The molecular formula is C18H26N2O2S. The normalized spacial score (nSPS) is 26.3. The topological polar surface area (TPSA) is 32.8 Å². The molecule has 0 aliphatic carbocycles. The molecule has 2 fully saturated rings. The standard InChI is InChI=1S/C18H26N2O2S/c1-14-11-20(12-15(2)22-14)18(21)17-5-3-16(4-6-17)13-19-7-9-23-10-8-19/h3-6,14-15H,7-13H2,1-2H3/t14-,15+. The van der Waals surface area contributed by atoms with Gasteiger partial charge in [0.25, 0.3) is 5.91 Å². The van der Waals surface area contributed by atoms with E-state index in [1.165, 1.54) is 17.1 Å². The highest BCUT2D eigenvalue weighted by Gasteiger charge is 2.26. The predicted molar refractivity (Wildman–Crippen MR) is 95.0 cm³/mol. The predicted octanol–water partition coefficient (Wildman–Crippen LogP) is 2.48. The van der Waals surface area contributed by atoms with E-state index in [1.807, 2.05) is 42.6 Å². The minimum atomic E-state index is 0.110. The van der Waals surface area contributed by atoms with Crippen LogP contribution in [0.3, 0.4) is 0 Å². The van der Waals surface area contributed by atoms with Gasteiger partial charge in [0.2, 0.25) is 0 Å². The summed E-state index contributed by atoms with van der Waals surface area (Å²) < 4.78 is 5.70. The van der Waals surface area contributed by atoms with Gasteiger partial charge in [-0.3, -0.25) is 9.69 Å². The van der Waals surface area contributed by atoms with Gasteiger partial charge in [0.1, 0.15) is 0 Å². The van der Waals surface area contributed by atoms with E-state index in [-0.39, 0.29) is 18.1 Å². The molecule has 0 saturated carbocycles. The fourth-order valence-electron chi connectivity index (χ4n) is 3.30. The molecule has 5 heteroatoms. The van der Waals surface area contributed by atoms with Crippen molar-refractivity contribution in [1.29, 1.82) is 0 Å². The average Bonchev–Trinajstić information content (AvgIpc) is 2.55. The van der Waals surface area contributed by atoms with E-state index < -0.39 is 0 Å². The highest BCUT2D eigenvalue weighted by atomic mass is 32.2. The van der Waals surface area contributed by atoms with Crippen LogP contribution in [0.1, 0.15) is 29.8 Å². The number of ether oxygens (including phenoxy) is 1. The van der Waals surface area contributed by atoms with Gasteiger partial charge in [-0.15, -0.1) is 0 Å². The molecule has 2 heterocycles. The Morgan fingerprint density at radius 2 is 1.74 bits per heavy atom. The third-order valence-corrected chi connectivity index (χ3v) is 5.36. The molecule has 0 radical (unpaired) electrons. The van der Waals surface area contributed by atoms with Gasteiger partial charge in [-0.05, 0) is 31.5 Å². The molecule has 2 saturated heterocycles. The Morgan fingerprint density at radius 3 is 2.35 bits per heavy atom. The van der Waals surface area contributed by atoms with Gasteiger partial charge in [0.15, 0.2) is 0 Å². The maximum Gasteiger partial charge on any atom is 0.254 e. The zero-order valence-corrected chi connectivity index (χ0v) is 14.8. The minimum Gasteiger partial charge on any atom is -0.372 e. The average molecular weight is 334 g/mol. The third-order valence-electron chi connectivity index (χ3n) is 4.42. The Kier molecular flexibility index (Phi) is 5.62. The van der Waals surface area contributed by atoms with Crippen molar-refractivity contribution >= 4 is 17.7 Å². The van der Waals surface area contributed by atoms with E-state index in [4.69, 9.17) is 4.74 Å². The molecule has 0 N–H and O–H groups in total. The van der Waals surface area contributed by atoms with Crippen molar-refractivity contribution in [2.75, 3.05) is 37.7 Å². The van der Waals surface area contributed by atoms with Crippen LogP contribution in [0.5, 0.6) is 0 Å². The minimum absolute atomic E-state index is 0.110. The van der Waals surface area contributed by atoms with Gasteiger partial charge in [-0.2, -0.15) is 11.8 Å². The summed E-state index contributed by atoms with van der Waals surface area (Å²) >= 11 is 2.03. The molecule has 2 aliphatic rings. The first kappa shape index (κ1) is 16.8. The van der Waals surface area contributed by atoms with Crippen molar-refractivity contribution in [3.63, 3.8) is 0 Å². The summed E-state index contributed by atoms with van der Waals surface area (Å²) in [7, 11) is 0. The van der Waals surface area contributed by atoms with Gasteiger partial charge in [0.05, 0.1) is 12.2 Å². The van der Waals surface area contributed by atoms with E-state index >= 15 is 0 Å². The van der Waals surface area contributed by atoms with E-state index in [0.717, 1.165) is 25.2 Å². The number of nitrogens with zero attached hydrogens (tertiary/aromatic N) is 2. The highest BCUT2D eigenvalue weighted by Crippen LogP contribution is 2.17. The van der Waals surface area contributed by atoms with Crippen molar-refractivity contribution < 1.29 is 9.53 Å². The lowest BCUT2D eigenvalue weighted by atomic mass is 10.1. The van der Waals surface area contributed by atoms with Gasteiger partial charge in [-0.25, -0.2) is 0 Å². The lowest BCUT2D eigenvalue weighted by Gasteiger charge is -2.35. The monoisotopic (exact) mass is 334 g/mol. The molecule has 3 rings (SSSR count). The second-order valence-corrected chi connectivity index (χ2v) is 7.78. The number of rotatable bonds is 3. The van der Waals surface area contributed by atoms with Crippen molar-refractivity contribution in [1.82, 2.24) is 9.80 Å². The molecule has 0 aromatic heterocycles. The van der Waals surface area contributed by atoms with Crippen LogP contribution in [0, 0.1) is 0 Å². The Morgan fingerprint density at radius 1 is 1.13 bits per heavy atom. The molecular weight excluding hydrogens is 308 g/mol. The first-order valence-corrected chi connectivity index (χ1v) is 9.61. The lowest BCUT2D eigenvalue weighted by Crippen LogP contribution is -2.48. The maximum atomic E-state index is 12.6. The molecule has 1 amide bonds. The summed E-state index contributed by atoms with van der Waals surface area (Å²) in [6.45, 7) is 8.71. The van der Waals surface area contributed by atoms with E-state index in [2.05, 4.69) is 17.0 Å². The van der Waals surface area contributed by atoms with Crippen LogP contribution in [-0.4, -0.2) is 65.6 Å². The zero-order chi connectivity index (χ0) is 16.2. The molecule has 4 nitrogen and oxygen atoms in total. The number of benzene rings is 1. The van der Waals surface area contributed by atoms with E-state index in [1.54, 1.807) is 0 Å². The molecule has 126 valence electrons. The first-order valence-electron chi connectivity index (χ1n) is 8.45. The van der Waals surface area contributed by atoms with Crippen molar-refractivity contribution in [2.45, 2.75) is 32.6 Å². The van der Waals surface area contributed by atoms with E-state index in [0.29, 0.717) is 13.1 Å². The summed E-state index contributed by atoms with van der Waals surface area (Å²) in [5, 5.41) is 0. The SMILES string of the molecule is C[C@@H]1CN(C(=O)c2ccc(CN3CCSCC3)cc2)C[C@H](C)O1. The number of morpholine rings is 1. The number of hydrogen-bond acceptors (Lipinski definition) is 4. The summed E-state index contributed by atoms with van der Waals surface area (Å²) in [5.74, 6) is 2.57. The maximum absolute atomic E-state index is 12.6. The van der Waals surface area contributed by atoms with Crippen molar-refractivity contribution in [3.05, 3.63) is 35.4 Å². The molecule has 1 aromatic carbocycles. The van der Waals surface area contributed by atoms with Crippen LogP contribution in [0.2, 0.25) is 0 Å². The number of thioether (sulfide) groups is 1. The molecule has 0 bridgehead atoms. The summed E-state index contributed by atoms with van der Waals surface area (Å²) in [4.78, 5) is 17.0.